The molecule has 0 unspecified atom stereocenters. The van der Waals surface area contributed by atoms with E-state index in [2.05, 4.69) is 5.10 Å². The van der Waals surface area contributed by atoms with Crippen molar-refractivity contribution in [3.05, 3.63) is 64.6 Å². The molecule has 0 aliphatic heterocycles. The molecule has 0 spiro atoms. The van der Waals surface area contributed by atoms with Crippen LogP contribution in [0.3, 0.4) is 0 Å². The summed E-state index contributed by atoms with van der Waals surface area (Å²) >= 11 is 5.69. The number of hydrogen-bond acceptors (Lipinski definition) is 2. The van der Waals surface area contributed by atoms with Gasteiger partial charge in [0.05, 0.1) is 22.8 Å². The minimum atomic E-state index is -0.417. The zero-order chi connectivity index (χ0) is 14.1. The molecule has 3 rings (SSSR count). The predicted octanol–water partition coefficient (Wildman–Crippen LogP) is 3.34. The quantitative estimate of drug-likeness (QED) is 0.804. The molecular weight excluding hydrogens is 277 g/mol. The second kappa shape index (κ2) is 5.23. The monoisotopic (exact) mass is 289 g/mol. The van der Waals surface area contributed by atoms with Crippen LogP contribution in [0.2, 0.25) is 5.02 Å². The highest BCUT2D eigenvalue weighted by atomic mass is 35.5. The van der Waals surface area contributed by atoms with Gasteiger partial charge in [-0.3, -0.25) is 4.68 Å². The molecule has 0 amide bonds. The summed E-state index contributed by atoms with van der Waals surface area (Å²) < 4.78 is 15.3. The number of aromatic nitrogens is 2. The zero-order valence-electron chi connectivity index (χ0n) is 10.7. The van der Waals surface area contributed by atoms with E-state index >= 15 is 0 Å². The Morgan fingerprint density at radius 2 is 2.00 bits per heavy atom. The minimum Gasteiger partial charge on any atom is -0.325 e. The summed E-state index contributed by atoms with van der Waals surface area (Å²) in [6, 6.07) is 12.7. The first-order valence-electron chi connectivity index (χ1n) is 6.27. The van der Waals surface area contributed by atoms with Gasteiger partial charge in [-0.2, -0.15) is 5.10 Å². The van der Waals surface area contributed by atoms with E-state index < -0.39 is 5.82 Å². The van der Waals surface area contributed by atoms with Crippen molar-refractivity contribution in [3.8, 4) is 0 Å². The lowest BCUT2D eigenvalue weighted by molar-refractivity contribution is 0.620. The lowest BCUT2D eigenvalue weighted by Gasteiger charge is -2.04. The highest BCUT2D eigenvalue weighted by Gasteiger charge is 2.09. The van der Waals surface area contributed by atoms with Crippen LogP contribution in [0.15, 0.2) is 42.5 Å². The van der Waals surface area contributed by atoms with Crippen molar-refractivity contribution in [2.45, 2.75) is 13.1 Å². The molecule has 2 N–H and O–H groups in total. The normalized spacial score (nSPS) is 11.2. The number of rotatable bonds is 3. The first-order chi connectivity index (χ1) is 9.69. The topological polar surface area (TPSA) is 43.8 Å². The molecule has 0 atom stereocenters. The summed E-state index contributed by atoms with van der Waals surface area (Å²) in [7, 11) is 0. The van der Waals surface area contributed by atoms with Gasteiger partial charge in [0.15, 0.2) is 0 Å². The molecule has 102 valence electrons. The Labute approximate surface area is 120 Å². The summed E-state index contributed by atoms with van der Waals surface area (Å²) in [5, 5.41) is 5.65. The van der Waals surface area contributed by atoms with Crippen molar-refractivity contribution in [2.24, 2.45) is 5.73 Å². The fraction of sp³-hybridized carbons (Fsp3) is 0.133. The zero-order valence-corrected chi connectivity index (χ0v) is 11.4. The van der Waals surface area contributed by atoms with Crippen molar-refractivity contribution in [1.82, 2.24) is 9.78 Å². The van der Waals surface area contributed by atoms with Crippen LogP contribution in [0.1, 0.15) is 11.3 Å². The Bertz CT molecular complexity index is 767. The summed E-state index contributed by atoms with van der Waals surface area (Å²) in [5.74, 6) is -0.417. The Balaban J connectivity index is 2.04. The molecule has 3 nitrogen and oxygen atoms in total. The van der Waals surface area contributed by atoms with Gasteiger partial charge in [0.1, 0.15) is 5.82 Å². The first-order valence-corrected chi connectivity index (χ1v) is 6.65. The summed E-state index contributed by atoms with van der Waals surface area (Å²) in [6.45, 7) is 0.858. The molecule has 0 fully saturated rings. The van der Waals surface area contributed by atoms with Gasteiger partial charge < -0.3 is 5.73 Å². The van der Waals surface area contributed by atoms with Crippen LogP contribution in [-0.4, -0.2) is 9.78 Å². The van der Waals surface area contributed by atoms with Gasteiger partial charge >= 0.3 is 0 Å². The minimum absolute atomic E-state index is 0.127. The van der Waals surface area contributed by atoms with Crippen LogP contribution < -0.4 is 5.73 Å². The fourth-order valence-electron chi connectivity index (χ4n) is 2.28. The van der Waals surface area contributed by atoms with Gasteiger partial charge in [0.25, 0.3) is 0 Å². The average Bonchev–Trinajstić information content (AvgIpc) is 2.81. The Morgan fingerprint density at radius 3 is 2.75 bits per heavy atom. The molecule has 0 aliphatic rings. The SMILES string of the molecule is NCc1nn(Cc2ccc(Cl)c(F)c2)c2ccccc12. The van der Waals surface area contributed by atoms with Crippen LogP contribution in [-0.2, 0) is 13.1 Å². The second-order valence-corrected chi connectivity index (χ2v) is 4.98. The summed E-state index contributed by atoms with van der Waals surface area (Å²) in [5.41, 5.74) is 8.35. The van der Waals surface area contributed by atoms with E-state index in [1.165, 1.54) is 6.07 Å². The van der Waals surface area contributed by atoms with E-state index in [4.69, 9.17) is 17.3 Å². The summed E-state index contributed by atoms with van der Waals surface area (Å²) in [4.78, 5) is 0. The molecule has 20 heavy (non-hydrogen) atoms. The largest absolute Gasteiger partial charge is 0.325 e. The second-order valence-electron chi connectivity index (χ2n) is 4.57. The van der Waals surface area contributed by atoms with Crippen LogP contribution in [0.5, 0.6) is 0 Å². The lowest BCUT2D eigenvalue weighted by Crippen LogP contribution is -2.04. The van der Waals surface area contributed by atoms with Crippen molar-refractivity contribution in [2.75, 3.05) is 0 Å². The van der Waals surface area contributed by atoms with Crippen LogP contribution in [0.25, 0.3) is 10.9 Å². The maximum atomic E-state index is 13.5. The van der Waals surface area contributed by atoms with E-state index in [9.17, 15) is 4.39 Å². The highest BCUT2D eigenvalue weighted by Crippen LogP contribution is 2.21. The Morgan fingerprint density at radius 1 is 1.20 bits per heavy atom. The molecule has 0 saturated heterocycles. The van der Waals surface area contributed by atoms with Crippen molar-refractivity contribution in [1.29, 1.82) is 0 Å². The maximum absolute atomic E-state index is 13.5. The van der Waals surface area contributed by atoms with Gasteiger partial charge in [0, 0.05) is 11.9 Å². The maximum Gasteiger partial charge on any atom is 0.142 e. The third-order valence-corrected chi connectivity index (χ3v) is 3.55. The van der Waals surface area contributed by atoms with Gasteiger partial charge in [0.2, 0.25) is 0 Å². The molecule has 0 bridgehead atoms. The lowest BCUT2D eigenvalue weighted by atomic mass is 10.2. The van der Waals surface area contributed by atoms with E-state index in [1.54, 1.807) is 12.1 Å². The van der Waals surface area contributed by atoms with Gasteiger partial charge in [-0.1, -0.05) is 35.9 Å². The third-order valence-electron chi connectivity index (χ3n) is 3.24. The third kappa shape index (κ3) is 2.28. The van der Waals surface area contributed by atoms with E-state index in [0.717, 1.165) is 22.2 Å². The molecule has 0 aliphatic carbocycles. The van der Waals surface area contributed by atoms with Crippen molar-refractivity contribution >= 4 is 22.5 Å². The number of nitrogens with zero attached hydrogens (tertiary/aromatic N) is 2. The van der Waals surface area contributed by atoms with Gasteiger partial charge in [-0.05, 0) is 23.8 Å². The number of halogens is 2. The number of hydrogen-bond donors (Lipinski definition) is 1. The smallest absolute Gasteiger partial charge is 0.142 e. The number of nitrogens with two attached hydrogens (primary N) is 1. The average molecular weight is 290 g/mol. The molecule has 1 aromatic heterocycles. The van der Waals surface area contributed by atoms with Crippen LogP contribution >= 0.6 is 11.6 Å². The molecular formula is C15H13ClFN3. The molecule has 1 heterocycles. The Hall–Kier alpha value is -1.91. The number of para-hydroxylation sites is 1. The van der Waals surface area contributed by atoms with Crippen molar-refractivity contribution < 1.29 is 4.39 Å². The predicted molar refractivity (Wildman–Crippen MR) is 78.1 cm³/mol. The first kappa shape index (κ1) is 13.1. The van der Waals surface area contributed by atoms with E-state index in [0.29, 0.717) is 13.1 Å². The number of fused-ring (bicyclic) bond motifs is 1. The standard InChI is InChI=1S/C15H13ClFN3/c16-12-6-5-10(7-13(12)17)9-20-15-4-2-1-3-11(15)14(8-18)19-20/h1-7H,8-9,18H2. The molecule has 2 aromatic carbocycles. The molecule has 0 radical (unpaired) electrons. The molecule has 3 aromatic rings. The van der Waals surface area contributed by atoms with Crippen LogP contribution in [0, 0.1) is 5.82 Å². The fourth-order valence-corrected chi connectivity index (χ4v) is 2.40. The molecule has 0 saturated carbocycles. The van der Waals surface area contributed by atoms with Crippen molar-refractivity contribution in [3.63, 3.8) is 0 Å². The van der Waals surface area contributed by atoms with Gasteiger partial charge in [-0.15, -0.1) is 0 Å². The molecule has 5 heteroatoms. The van der Waals surface area contributed by atoms with Crippen LogP contribution in [0.4, 0.5) is 4.39 Å². The van der Waals surface area contributed by atoms with Gasteiger partial charge in [-0.25, -0.2) is 4.39 Å². The highest BCUT2D eigenvalue weighted by molar-refractivity contribution is 6.30. The Kier molecular flexibility index (Phi) is 3.42. The summed E-state index contributed by atoms with van der Waals surface area (Å²) in [6.07, 6.45) is 0. The van der Waals surface area contributed by atoms with E-state index in [-0.39, 0.29) is 5.02 Å². The number of benzene rings is 2. The van der Waals surface area contributed by atoms with E-state index in [1.807, 2.05) is 28.9 Å².